The quantitative estimate of drug-likeness (QED) is 0.697. The summed E-state index contributed by atoms with van der Waals surface area (Å²) in [7, 11) is 1.61. The number of halogens is 1. The van der Waals surface area contributed by atoms with E-state index in [-0.39, 0.29) is 11.8 Å². The van der Waals surface area contributed by atoms with Crippen LogP contribution in [0.15, 0.2) is 48.5 Å². The fraction of sp³-hybridized carbons (Fsp3) is 0.333. The van der Waals surface area contributed by atoms with Crippen molar-refractivity contribution in [2.24, 2.45) is 0 Å². The number of carbonyl (C=O) groups excluding carboxylic acids is 2. The second kappa shape index (κ2) is 9.57. The topological polar surface area (TPSA) is 59.1 Å². The Bertz CT molecular complexity index is 817. The van der Waals surface area contributed by atoms with E-state index in [1.807, 2.05) is 6.07 Å². The maximum atomic E-state index is 12.8. The van der Waals surface area contributed by atoms with Gasteiger partial charge in [0, 0.05) is 49.4 Å². The molecule has 0 saturated carbocycles. The third-order valence-corrected chi connectivity index (χ3v) is 4.83. The molecule has 2 amide bonds. The highest BCUT2D eigenvalue weighted by atomic mass is 35.5. The molecule has 0 aliphatic carbocycles. The molecule has 1 heterocycles. The van der Waals surface area contributed by atoms with Crippen molar-refractivity contribution >= 4 is 23.4 Å². The third-order valence-electron chi connectivity index (χ3n) is 4.58. The van der Waals surface area contributed by atoms with Gasteiger partial charge < -0.3 is 19.3 Å². The number of methoxy groups -OCH3 is 1. The molecule has 0 unspecified atom stereocenters. The zero-order valence-electron chi connectivity index (χ0n) is 15.8. The molecule has 28 heavy (non-hydrogen) atoms. The Labute approximate surface area is 169 Å². The highest BCUT2D eigenvalue weighted by molar-refractivity contribution is 6.30. The summed E-state index contributed by atoms with van der Waals surface area (Å²) >= 11 is 5.88. The molecule has 2 aromatic rings. The van der Waals surface area contributed by atoms with Crippen LogP contribution in [-0.2, 0) is 4.74 Å². The maximum Gasteiger partial charge on any atom is 0.254 e. The van der Waals surface area contributed by atoms with Crippen LogP contribution in [0.3, 0.4) is 0 Å². The highest BCUT2D eigenvalue weighted by Gasteiger charge is 2.25. The Morgan fingerprint density at radius 3 is 2.11 bits per heavy atom. The van der Waals surface area contributed by atoms with E-state index in [1.54, 1.807) is 59.4 Å². The highest BCUT2D eigenvalue weighted by Crippen LogP contribution is 2.17. The Morgan fingerprint density at radius 2 is 1.50 bits per heavy atom. The predicted molar refractivity (Wildman–Crippen MR) is 107 cm³/mol. The van der Waals surface area contributed by atoms with Crippen molar-refractivity contribution in [3.05, 3.63) is 64.7 Å². The van der Waals surface area contributed by atoms with Gasteiger partial charge in [0.1, 0.15) is 12.4 Å². The minimum Gasteiger partial charge on any atom is -0.491 e. The first kappa shape index (κ1) is 20.2. The molecule has 1 saturated heterocycles. The van der Waals surface area contributed by atoms with E-state index >= 15 is 0 Å². The molecule has 2 aromatic carbocycles. The van der Waals surface area contributed by atoms with Gasteiger partial charge in [0.15, 0.2) is 0 Å². The molecule has 148 valence electrons. The van der Waals surface area contributed by atoms with Crippen LogP contribution < -0.4 is 4.74 Å². The lowest BCUT2D eigenvalue weighted by atomic mass is 10.1. The molecule has 0 atom stereocenters. The molecule has 0 bridgehead atoms. The summed E-state index contributed by atoms with van der Waals surface area (Å²) < 4.78 is 10.5. The van der Waals surface area contributed by atoms with Crippen LogP contribution in [0.1, 0.15) is 20.7 Å². The van der Waals surface area contributed by atoms with Crippen LogP contribution in [0, 0.1) is 0 Å². The summed E-state index contributed by atoms with van der Waals surface area (Å²) in [6, 6.07) is 14.0. The summed E-state index contributed by atoms with van der Waals surface area (Å²) in [4.78, 5) is 28.9. The lowest BCUT2D eigenvalue weighted by Crippen LogP contribution is -2.50. The first-order valence-electron chi connectivity index (χ1n) is 9.14. The van der Waals surface area contributed by atoms with Crippen LogP contribution in [0.2, 0.25) is 5.02 Å². The number of hydrogen-bond donors (Lipinski definition) is 0. The molecule has 7 heteroatoms. The number of amides is 2. The van der Waals surface area contributed by atoms with Crippen molar-refractivity contribution in [3.63, 3.8) is 0 Å². The van der Waals surface area contributed by atoms with E-state index in [9.17, 15) is 9.59 Å². The first-order chi connectivity index (χ1) is 13.6. The molecule has 1 fully saturated rings. The minimum atomic E-state index is -0.0595. The monoisotopic (exact) mass is 402 g/mol. The first-order valence-corrected chi connectivity index (χ1v) is 9.52. The molecule has 0 spiro atoms. The SMILES string of the molecule is COCCOc1cccc(C(=O)N2CCN(C(=O)c3ccc(Cl)cc3)CC2)c1. The fourth-order valence-electron chi connectivity index (χ4n) is 3.03. The normalized spacial score (nSPS) is 14.1. The Hall–Kier alpha value is -2.57. The van der Waals surface area contributed by atoms with Gasteiger partial charge in [-0.25, -0.2) is 0 Å². The van der Waals surface area contributed by atoms with E-state index in [0.29, 0.717) is 61.3 Å². The zero-order valence-corrected chi connectivity index (χ0v) is 16.5. The molecule has 6 nitrogen and oxygen atoms in total. The number of nitrogens with zero attached hydrogens (tertiary/aromatic N) is 2. The number of piperazine rings is 1. The van der Waals surface area contributed by atoms with Crippen molar-refractivity contribution in [1.29, 1.82) is 0 Å². The van der Waals surface area contributed by atoms with Gasteiger partial charge in [-0.15, -0.1) is 0 Å². The van der Waals surface area contributed by atoms with Crippen LogP contribution in [0.5, 0.6) is 5.75 Å². The van der Waals surface area contributed by atoms with Crippen LogP contribution in [0.25, 0.3) is 0 Å². The lowest BCUT2D eigenvalue weighted by molar-refractivity contribution is 0.0535. The molecule has 0 N–H and O–H groups in total. The van der Waals surface area contributed by atoms with Crippen molar-refractivity contribution in [2.75, 3.05) is 46.5 Å². The summed E-state index contributed by atoms with van der Waals surface area (Å²) in [6.45, 7) is 2.90. The zero-order chi connectivity index (χ0) is 19.9. The van der Waals surface area contributed by atoms with Gasteiger partial charge in [-0.05, 0) is 42.5 Å². The maximum absolute atomic E-state index is 12.8. The van der Waals surface area contributed by atoms with Gasteiger partial charge in [-0.2, -0.15) is 0 Å². The van der Waals surface area contributed by atoms with Crippen molar-refractivity contribution < 1.29 is 19.1 Å². The summed E-state index contributed by atoms with van der Waals surface area (Å²) in [5.74, 6) is 0.535. The van der Waals surface area contributed by atoms with Gasteiger partial charge >= 0.3 is 0 Å². The van der Waals surface area contributed by atoms with Gasteiger partial charge in [-0.3, -0.25) is 9.59 Å². The standard InChI is InChI=1S/C21H23ClN2O4/c1-27-13-14-28-19-4-2-3-17(15-19)21(26)24-11-9-23(10-12-24)20(25)16-5-7-18(22)8-6-16/h2-8,15H,9-14H2,1H3. The minimum absolute atomic E-state index is 0.0442. The molecule has 1 aliphatic rings. The van der Waals surface area contributed by atoms with Crippen LogP contribution in [0.4, 0.5) is 0 Å². The number of ether oxygens (including phenoxy) is 2. The number of rotatable bonds is 6. The average molecular weight is 403 g/mol. The largest absolute Gasteiger partial charge is 0.491 e. The third kappa shape index (κ3) is 5.03. The van der Waals surface area contributed by atoms with Crippen LogP contribution >= 0.6 is 11.6 Å². The van der Waals surface area contributed by atoms with Gasteiger partial charge in [0.2, 0.25) is 0 Å². The summed E-state index contributed by atoms with van der Waals surface area (Å²) in [6.07, 6.45) is 0. The molecule has 1 aliphatic heterocycles. The van der Waals surface area contributed by atoms with Crippen molar-refractivity contribution in [2.45, 2.75) is 0 Å². The number of benzene rings is 2. The average Bonchev–Trinajstić information content (AvgIpc) is 2.74. The van der Waals surface area contributed by atoms with E-state index in [4.69, 9.17) is 21.1 Å². The molecule has 0 aromatic heterocycles. The van der Waals surface area contributed by atoms with E-state index in [2.05, 4.69) is 0 Å². The fourth-order valence-corrected chi connectivity index (χ4v) is 3.16. The number of hydrogen-bond acceptors (Lipinski definition) is 4. The van der Waals surface area contributed by atoms with Crippen LogP contribution in [-0.4, -0.2) is 68.1 Å². The van der Waals surface area contributed by atoms with Crippen molar-refractivity contribution in [1.82, 2.24) is 9.80 Å². The van der Waals surface area contributed by atoms with E-state index in [0.717, 1.165) is 0 Å². The summed E-state index contributed by atoms with van der Waals surface area (Å²) in [5, 5.41) is 0.598. The summed E-state index contributed by atoms with van der Waals surface area (Å²) in [5.41, 5.74) is 1.18. The lowest BCUT2D eigenvalue weighted by Gasteiger charge is -2.35. The van der Waals surface area contributed by atoms with Gasteiger partial charge in [0.05, 0.1) is 6.61 Å². The molecular formula is C21H23ClN2O4. The van der Waals surface area contributed by atoms with Gasteiger partial charge in [0.25, 0.3) is 11.8 Å². The Morgan fingerprint density at radius 1 is 0.893 bits per heavy atom. The Kier molecular flexibility index (Phi) is 6.90. The van der Waals surface area contributed by atoms with Gasteiger partial charge in [-0.1, -0.05) is 17.7 Å². The number of carbonyl (C=O) groups is 2. The second-order valence-electron chi connectivity index (χ2n) is 6.46. The molecular weight excluding hydrogens is 380 g/mol. The second-order valence-corrected chi connectivity index (χ2v) is 6.90. The van der Waals surface area contributed by atoms with E-state index in [1.165, 1.54) is 0 Å². The van der Waals surface area contributed by atoms with E-state index < -0.39 is 0 Å². The van der Waals surface area contributed by atoms with Crippen molar-refractivity contribution in [3.8, 4) is 5.75 Å². The predicted octanol–water partition coefficient (Wildman–Crippen LogP) is 2.96. The smallest absolute Gasteiger partial charge is 0.254 e. The Balaban J connectivity index is 1.57. The molecule has 3 rings (SSSR count). The molecule has 0 radical (unpaired) electrons.